The maximum Gasteiger partial charge on any atom is 0.260 e. The number of amides is 1. The number of benzene rings is 1. The van der Waals surface area contributed by atoms with E-state index in [1.807, 2.05) is 30.5 Å². The number of H-pyrrole nitrogens is 1. The van der Waals surface area contributed by atoms with Crippen LogP contribution < -0.4 is 10.1 Å². The molecule has 0 saturated carbocycles. The Morgan fingerprint density at radius 3 is 2.84 bits per heavy atom. The Kier molecular flexibility index (Phi) is 4.10. The average Bonchev–Trinajstić information content (AvgIpc) is 2.83. The zero-order chi connectivity index (χ0) is 13.8. The van der Waals surface area contributed by atoms with Crippen molar-refractivity contribution in [1.82, 2.24) is 10.3 Å². The second-order valence-electron chi connectivity index (χ2n) is 5.13. The summed E-state index contributed by atoms with van der Waals surface area (Å²) in [5, 5.41) is 3.94. The Labute approximate surface area is 113 Å². The topological polar surface area (TPSA) is 54.1 Å². The van der Waals surface area contributed by atoms with Crippen molar-refractivity contribution in [3.63, 3.8) is 0 Å². The summed E-state index contributed by atoms with van der Waals surface area (Å²) in [7, 11) is 0. The summed E-state index contributed by atoms with van der Waals surface area (Å²) in [6, 6.07) is 7.72. The lowest BCUT2D eigenvalue weighted by Crippen LogP contribution is -2.38. The second-order valence-corrected chi connectivity index (χ2v) is 5.13. The van der Waals surface area contributed by atoms with E-state index in [1.165, 1.54) is 0 Å². The first-order valence-corrected chi connectivity index (χ1v) is 6.58. The molecule has 1 aromatic heterocycles. The highest BCUT2D eigenvalue weighted by Gasteiger charge is 2.14. The molecule has 0 saturated heterocycles. The Morgan fingerprint density at radius 1 is 1.32 bits per heavy atom. The molecule has 2 N–H and O–H groups in total. The minimum absolute atomic E-state index is 0.0807. The van der Waals surface area contributed by atoms with Crippen LogP contribution in [0.15, 0.2) is 30.5 Å². The van der Waals surface area contributed by atoms with E-state index >= 15 is 0 Å². The molecule has 1 unspecified atom stereocenters. The molecule has 0 bridgehead atoms. The van der Waals surface area contributed by atoms with Crippen molar-refractivity contribution in [2.45, 2.75) is 26.9 Å². The highest BCUT2D eigenvalue weighted by atomic mass is 16.5. The summed E-state index contributed by atoms with van der Waals surface area (Å²) in [5.74, 6) is 1.06. The smallest absolute Gasteiger partial charge is 0.260 e. The molecule has 1 amide bonds. The molecule has 102 valence electrons. The van der Waals surface area contributed by atoms with Crippen molar-refractivity contribution >= 4 is 16.8 Å². The molecule has 0 radical (unpaired) electrons. The van der Waals surface area contributed by atoms with Crippen molar-refractivity contribution in [2.24, 2.45) is 5.92 Å². The molecule has 1 atom stereocenters. The number of nitrogens with one attached hydrogen (secondary N) is 2. The van der Waals surface area contributed by atoms with Crippen molar-refractivity contribution in [1.29, 1.82) is 0 Å². The van der Waals surface area contributed by atoms with Crippen LogP contribution in [0.2, 0.25) is 0 Å². The van der Waals surface area contributed by atoms with Crippen LogP contribution in [0.4, 0.5) is 0 Å². The van der Waals surface area contributed by atoms with Crippen LogP contribution >= 0.6 is 0 Å². The van der Waals surface area contributed by atoms with Gasteiger partial charge in [-0.1, -0.05) is 13.8 Å². The Morgan fingerprint density at radius 2 is 2.11 bits per heavy atom. The van der Waals surface area contributed by atoms with Crippen LogP contribution in [0.5, 0.6) is 5.75 Å². The Hall–Kier alpha value is -1.97. The van der Waals surface area contributed by atoms with Gasteiger partial charge in [-0.2, -0.15) is 0 Å². The summed E-state index contributed by atoms with van der Waals surface area (Å²) >= 11 is 0. The fourth-order valence-electron chi connectivity index (χ4n) is 1.81. The molecule has 4 nitrogen and oxygen atoms in total. The van der Waals surface area contributed by atoms with Crippen LogP contribution in [-0.2, 0) is 4.79 Å². The monoisotopic (exact) mass is 260 g/mol. The summed E-state index contributed by atoms with van der Waals surface area (Å²) in [4.78, 5) is 14.9. The molecular weight excluding hydrogens is 240 g/mol. The Bertz CT molecular complexity index is 560. The maximum absolute atomic E-state index is 11.8. The Balaban J connectivity index is 1.97. The van der Waals surface area contributed by atoms with E-state index in [9.17, 15) is 4.79 Å². The SMILES string of the molecule is CC(C)CNC(=O)C(C)Oc1ccc2[nH]ccc2c1. The van der Waals surface area contributed by atoms with Gasteiger partial charge in [0.25, 0.3) is 5.91 Å². The number of carbonyl (C=O) groups is 1. The number of fused-ring (bicyclic) bond motifs is 1. The fourth-order valence-corrected chi connectivity index (χ4v) is 1.81. The van der Waals surface area contributed by atoms with E-state index in [1.54, 1.807) is 6.92 Å². The van der Waals surface area contributed by atoms with Gasteiger partial charge >= 0.3 is 0 Å². The minimum Gasteiger partial charge on any atom is -0.481 e. The molecule has 2 rings (SSSR count). The lowest BCUT2D eigenvalue weighted by atomic mass is 10.2. The van der Waals surface area contributed by atoms with Gasteiger partial charge in [-0.3, -0.25) is 4.79 Å². The van der Waals surface area contributed by atoms with Crippen LogP contribution in [0, 0.1) is 5.92 Å². The summed E-state index contributed by atoms with van der Waals surface area (Å²) in [5.41, 5.74) is 1.06. The molecule has 0 aliphatic heterocycles. The van der Waals surface area contributed by atoms with Crippen LogP contribution in [-0.4, -0.2) is 23.5 Å². The van der Waals surface area contributed by atoms with Crippen molar-refractivity contribution < 1.29 is 9.53 Å². The van der Waals surface area contributed by atoms with Crippen LogP contribution in [0.25, 0.3) is 10.9 Å². The lowest BCUT2D eigenvalue weighted by Gasteiger charge is -2.15. The summed E-state index contributed by atoms with van der Waals surface area (Å²) in [6.45, 7) is 6.55. The van der Waals surface area contributed by atoms with Gasteiger partial charge in [-0.15, -0.1) is 0 Å². The van der Waals surface area contributed by atoms with Crippen molar-refractivity contribution in [3.8, 4) is 5.75 Å². The molecule has 0 aliphatic rings. The molecule has 0 spiro atoms. The predicted molar refractivity (Wildman–Crippen MR) is 76.2 cm³/mol. The van der Waals surface area contributed by atoms with E-state index < -0.39 is 6.10 Å². The third-order valence-corrected chi connectivity index (χ3v) is 2.89. The zero-order valence-corrected chi connectivity index (χ0v) is 11.6. The number of aromatic amines is 1. The van der Waals surface area contributed by atoms with E-state index in [-0.39, 0.29) is 5.91 Å². The molecule has 2 aromatic rings. The molecule has 19 heavy (non-hydrogen) atoms. The summed E-state index contributed by atoms with van der Waals surface area (Å²) < 4.78 is 5.66. The average molecular weight is 260 g/mol. The minimum atomic E-state index is -0.491. The van der Waals surface area contributed by atoms with E-state index in [4.69, 9.17) is 4.74 Å². The van der Waals surface area contributed by atoms with Gasteiger partial charge in [0.15, 0.2) is 6.10 Å². The molecule has 1 heterocycles. The van der Waals surface area contributed by atoms with Crippen LogP contribution in [0.3, 0.4) is 0 Å². The standard InChI is InChI=1S/C15H20N2O2/c1-10(2)9-17-15(18)11(3)19-13-4-5-14-12(8-13)6-7-16-14/h4-8,10-11,16H,9H2,1-3H3,(H,17,18). The quantitative estimate of drug-likeness (QED) is 0.868. The fraction of sp³-hybridized carbons (Fsp3) is 0.400. The van der Waals surface area contributed by atoms with Gasteiger partial charge in [0.1, 0.15) is 5.75 Å². The van der Waals surface area contributed by atoms with E-state index in [0.29, 0.717) is 18.2 Å². The van der Waals surface area contributed by atoms with Gasteiger partial charge in [0.2, 0.25) is 0 Å². The number of rotatable bonds is 5. The number of carbonyl (C=O) groups excluding carboxylic acids is 1. The maximum atomic E-state index is 11.8. The number of hydrogen-bond acceptors (Lipinski definition) is 2. The van der Waals surface area contributed by atoms with E-state index in [0.717, 1.165) is 10.9 Å². The van der Waals surface area contributed by atoms with Gasteiger partial charge in [-0.05, 0) is 37.1 Å². The number of aromatic nitrogens is 1. The number of hydrogen-bond donors (Lipinski definition) is 2. The zero-order valence-electron chi connectivity index (χ0n) is 11.6. The largest absolute Gasteiger partial charge is 0.481 e. The first kappa shape index (κ1) is 13.5. The second kappa shape index (κ2) is 5.78. The third-order valence-electron chi connectivity index (χ3n) is 2.89. The predicted octanol–water partition coefficient (Wildman–Crippen LogP) is 2.71. The van der Waals surface area contributed by atoms with Crippen LogP contribution in [0.1, 0.15) is 20.8 Å². The highest BCUT2D eigenvalue weighted by Crippen LogP contribution is 2.20. The normalized spacial score (nSPS) is 12.6. The van der Waals surface area contributed by atoms with E-state index in [2.05, 4.69) is 24.1 Å². The molecule has 4 heteroatoms. The van der Waals surface area contributed by atoms with Crippen molar-refractivity contribution in [2.75, 3.05) is 6.54 Å². The summed E-state index contributed by atoms with van der Waals surface area (Å²) in [6.07, 6.45) is 1.39. The van der Waals surface area contributed by atoms with Gasteiger partial charge in [0.05, 0.1) is 0 Å². The molecule has 1 aromatic carbocycles. The first-order valence-electron chi connectivity index (χ1n) is 6.58. The third kappa shape index (κ3) is 3.50. The van der Waals surface area contributed by atoms with Crippen molar-refractivity contribution in [3.05, 3.63) is 30.5 Å². The first-order chi connectivity index (χ1) is 9.06. The van der Waals surface area contributed by atoms with Gasteiger partial charge in [-0.25, -0.2) is 0 Å². The molecule has 0 fully saturated rings. The number of ether oxygens (including phenoxy) is 1. The lowest BCUT2D eigenvalue weighted by molar-refractivity contribution is -0.127. The molecule has 0 aliphatic carbocycles. The van der Waals surface area contributed by atoms with Gasteiger partial charge in [0, 0.05) is 23.6 Å². The highest BCUT2D eigenvalue weighted by molar-refractivity contribution is 5.82. The molecular formula is C15H20N2O2. The van der Waals surface area contributed by atoms with Gasteiger partial charge < -0.3 is 15.0 Å².